The molecule has 0 N–H and O–H groups in total. The zero-order chi connectivity index (χ0) is 37.2. The molecule has 0 saturated heterocycles. The summed E-state index contributed by atoms with van der Waals surface area (Å²) in [4.78, 5) is 6.84. The highest BCUT2D eigenvalue weighted by Crippen LogP contribution is 2.53. The van der Waals surface area contributed by atoms with Gasteiger partial charge in [0.25, 0.3) is 0 Å². The molecule has 6 aromatic carbocycles. The molecule has 0 radical (unpaired) electrons. The van der Waals surface area contributed by atoms with Gasteiger partial charge in [-0.15, -0.1) is 0 Å². The quantitative estimate of drug-likeness (QED) is 0.167. The van der Waals surface area contributed by atoms with Crippen LogP contribution < -0.4 is 0 Å². The highest BCUT2D eigenvalue weighted by molar-refractivity contribution is 6.22. The highest BCUT2D eigenvalue weighted by atomic mass is 15.1. The number of hydrogen-bond acceptors (Lipinski definition) is 2. The fourth-order valence-corrected chi connectivity index (χ4v) is 9.04. The number of aromatic nitrogens is 1. The Kier molecular flexibility index (Phi) is 7.90. The second kappa shape index (κ2) is 12.7. The predicted octanol–water partition coefficient (Wildman–Crippen LogP) is 13.5. The minimum atomic E-state index is -0.177. The molecule has 54 heavy (non-hydrogen) atoms. The molecule has 7 aromatic rings. The van der Waals surface area contributed by atoms with E-state index in [1.807, 2.05) is 18.3 Å². The van der Waals surface area contributed by atoms with Gasteiger partial charge in [0.2, 0.25) is 0 Å². The van der Waals surface area contributed by atoms with Crippen molar-refractivity contribution in [2.45, 2.75) is 45.4 Å². The average molecular weight is 697 g/mol. The second-order valence-corrected chi connectivity index (χ2v) is 15.7. The average Bonchev–Trinajstić information content (AvgIpc) is 3.22. The third-order valence-corrected chi connectivity index (χ3v) is 11.9. The van der Waals surface area contributed by atoms with Crippen LogP contribution in [0.25, 0.3) is 55.1 Å². The van der Waals surface area contributed by atoms with E-state index in [0.29, 0.717) is 0 Å². The summed E-state index contributed by atoms with van der Waals surface area (Å²) in [6.45, 7) is 16.4. The lowest BCUT2D eigenvalue weighted by molar-refractivity contribution is 0.522. The van der Waals surface area contributed by atoms with E-state index in [-0.39, 0.29) is 10.8 Å². The van der Waals surface area contributed by atoms with Crippen LogP contribution >= 0.6 is 0 Å². The Hall–Kier alpha value is -6.25. The summed E-state index contributed by atoms with van der Waals surface area (Å²) < 4.78 is 0. The molecule has 2 aliphatic rings. The van der Waals surface area contributed by atoms with Crippen molar-refractivity contribution in [1.29, 1.82) is 0 Å². The van der Waals surface area contributed by atoms with Crippen molar-refractivity contribution < 1.29 is 0 Å². The lowest BCUT2D eigenvalue weighted by atomic mass is 9.59. The van der Waals surface area contributed by atoms with Crippen LogP contribution in [0.3, 0.4) is 0 Å². The molecule has 2 heteroatoms. The Balaban J connectivity index is 1.31. The Morgan fingerprint density at radius 3 is 1.76 bits per heavy atom. The largest absolute Gasteiger partial charge is 0.317 e. The first-order valence-corrected chi connectivity index (χ1v) is 18.9. The number of pyridine rings is 1. The first-order valence-electron chi connectivity index (χ1n) is 18.9. The van der Waals surface area contributed by atoms with Gasteiger partial charge in [-0.1, -0.05) is 143 Å². The summed E-state index contributed by atoms with van der Waals surface area (Å²) in [5.41, 5.74) is 15.3. The third-order valence-electron chi connectivity index (χ3n) is 11.9. The van der Waals surface area contributed by atoms with Crippen molar-refractivity contribution in [2.75, 3.05) is 0 Å². The fourth-order valence-electron chi connectivity index (χ4n) is 9.04. The Morgan fingerprint density at radius 1 is 0.556 bits per heavy atom. The van der Waals surface area contributed by atoms with Crippen LogP contribution in [-0.4, -0.2) is 9.88 Å². The SMILES string of the molecule is C=C(c1cccc(-c2c3ccccc3c(-c3ccccc3)c3cc4c(cc23)C(C)(C)c2ccccc2C4(C)C)c1)N1C=CC=C/C1=C(/C)c1ccccn1. The molecular formula is C52H44N2. The van der Waals surface area contributed by atoms with Gasteiger partial charge in [0.15, 0.2) is 0 Å². The first-order chi connectivity index (χ1) is 26.2. The topological polar surface area (TPSA) is 16.1 Å². The van der Waals surface area contributed by atoms with Gasteiger partial charge in [-0.05, 0) is 127 Å². The van der Waals surface area contributed by atoms with E-state index in [2.05, 4.69) is 197 Å². The van der Waals surface area contributed by atoms with Gasteiger partial charge in [-0.2, -0.15) is 0 Å². The van der Waals surface area contributed by atoms with Gasteiger partial charge in [0.05, 0.1) is 11.4 Å². The van der Waals surface area contributed by atoms with Crippen LogP contribution in [0, 0.1) is 0 Å². The maximum Gasteiger partial charge on any atom is 0.0679 e. The molecular weight excluding hydrogens is 653 g/mol. The van der Waals surface area contributed by atoms with Gasteiger partial charge < -0.3 is 4.90 Å². The maximum absolute atomic E-state index is 4.69. The molecule has 262 valence electrons. The zero-order valence-corrected chi connectivity index (χ0v) is 31.7. The van der Waals surface area contributed by atoms with Crippen LogP contribution in [0.15, 0.2) is 176 Å². The fraction of sp³-hybridized carbons (Fsp3) is 0.135. The minimum absolute atomic E-state index is 0.165. The molecule has 1 aromatic heterocycles. The summed E-state index contributed by atoms with van der Waals surface area (Å²) >= 11 is 0. The molecule has 1 aliphatic heterocycles. The van der Waals surface area contributed by atoms with E-state index in [9.17, 15) is 0 Å². The smallest absolute Gasteiger partial charge is 0.0679 e. The van der Waals surface area contributed by atoms with Gasteiger partial charge >= 0.3 is 0 Å². The third kappa shape index (κ3) is 5.20. The van der Waals surface area contributed by atoms with Gasteiger partial charge in [0, 0.05) is 28.9 Å². The van der Waals surface area contributed by atoms with E-state index in [1.54, 1.807) is 0 Å². The van der Waals surface area contributed by atoms with Crippen LogP contribution in [0.2, 0.25) is 0 Å². The lowest BCUT2D eigenvalue weighted by Gasteiger charge is -2.44. The molecule has 2 nitrogen and oxygen atoms in total. The standard InChI is InChI=1S/C52H44N2/c1-34(47-27-14-16-29-53-47)48-28-15-17-30-54(48)35(2)37-21-18-22-38(31-37)50-40-24-11-10-23-39(40)49(36-19-8-7-9-20-36)41-32-45-46(33-42(41)50)52(5,6)44-26-13-12-25-43(44)51(45,3)4/h7-33H,2H2,1,3-6H3/b48-34+. The molecule has 2 heterocycles. The van der Waals surface area contributed by atoms with E-state index < -0.39 is 0 Å². The van der Waals surface area contributed by atoms with Gasteiger partial charge in [-0.25, -0.2) is 0 Å². The van der Waals surface area contributed by atoms with Crippen LogP contribution in [0.1, 0.15) is 68.1 Å². The molecule has 1 aliphatic carbocycles. The summed E-state index contributed by atoms with van der Waals surface area (Å²) in [6.07, 6.45) is 10.2. The summed E-state index contributed by atoms with van der Waals surface area (Å²) in [5.74, 6) is 0. The Bertz CT molecular complexity index is 2720. The molecule has 0 unspecified atom stereocenters. The molecule has 0 amide bonds. The Labute approximate surface area is 319 Å². The summed E-state index contributed by atoms with van der Waals surface area (Å²) in [6, 6.07) is 49.0. The molecule has 9 rings (SSSR count). The normalized spacial score (nSPS) is 16.3. The summed E-state index contributed by atoms with van der Waals surface area (Å²) in [5, 5.41) is 5.04. The second-order valence-electron chi connectivity index (χ2n) is 15.7. The van der Waals surface area contributed by atoms with Gasteiger partial charge in [-0.3, -0.25) is 4.98 Å². The van der Waals surface area contributed by atoms with Crippen molar-refractivity contribution in [3.05, 3.63) is 210 Å². The molecule has 0 bridgehead atoms. The zero-order valence-electron chi connectivity index (χ0n) is 31.7. The van der Waals surface area contributed by atoms with Crippen LogP contribution in [0.4, 0.5) is 0 Å². The first kappa shape index (κ1) is 33.6. The molecule has 0 saturated carbocycles. The van der Waals surface area contributed by atoms with E-state index in [4.69, 9.17) is 0 Å². The predicted molar refractivity (Wildman–Crippen MR) is 229 cm³/mol. The number of benzene rings is 6. The van der Waals surface area contributed by atoms with Gasteiger partial charge in [0.1, 0.15) is 0 Å². The number of allylic oxidation sites excluding steroid dienone is 4. The number of hydrogen-bond donors (Lipinski definition) is 0. The van der Waals surface area contributed by atoms with E-state index in [0.717, 1.165) is 28.2 Å². The Morgan fingerprint density at radius 2 is 1.13 bits per heavy atom. The number of nitrogens with zero attached hydrogens (tertiary/aromatic N) is 2. The maximum atomic E-state index is 4.69. The molecule has 0 fully saturated rings. The summed E-state index contributed by atoms with van der Waals surface area (Å²) in [7, 11) is 0. The van der Waals surface area contributed by atoms with Crippen molar-refractivity contribution in [3.8, 4) is 22.3 Å². The van der Waals surface area contributed by atoms with E-state index >= 15 is 0 Å². The van der Waals surface area contributed by atoms with Crippen molar-refractivity contribution >= 4 is 32.8 Å². The minimum Gasteiger partial charge on any atom is -0.317 e. The van der Waals surface area contributed by atoms with Crippen molar-refractivity contribution in [2.24, 2.45) is 0 Å². The van der Waals surface area contributed by atoms with Crippen molar-refractivity contribution in [1.82, 2.24) is 9.88 Å². The highest BCUT2D eigenvalue weighted by Gasteiger charge is 2.42. The van der Waals surface area contributed by atoms with Crippen LogP contribution in [-0.2, 0) is 10.8 Å². The molecule has 0 atom stereocenters. The van der Waals surface area contributed by atoms with Crippen LogP contribution in [0.5, 0.6) is 0 Å². The van der Waals surface area contributed by atoms with E-state index in [1.165, 1.54) is 66.1 Å². The monoisotopic (exact) mass is 696 g/mol. The van der Waals surface area contributed by atoms with Crippen molar-refractivity contribution in [3.63, 3.8) is 0 Å². The number of fused-ring (bicyclic) bond motifs is 4. The number of rotatable bonds is 5. The molecule has 0 spiro atoms. The lowest BCUT2D eigenvalue weighted by Crippen LogP contribution is -2.36.